The number of rotatable bonds is 1. The highest BCUT2D eigenvalue weighted by atomic mass is 16.3. The summed E-state index contributed by atoms with van der Waals surface area (Å²) in [6, 6.07) is 9.52. The van der Waals surface area contributed by atoms with Crippen LogP contribution in [-0.4, -0.2) is 5.11 Å². The first-order chi connectivity index (χ1) is 5.93. The van der Waals surface area contributed by atoms with Crippen LogP contribution in [0.15, 0.2) is 30.3 Å². The zero-order valence-electron chi connectivity index (χ0n) is 7.70. The molecular weight excluding hydrogens is 148 g/mol. The van der Waals surface area contributed by atoms with Crippen molar-refractivity contribution in [2.75, 3.05) is 0 Å². The largest absolute Gasteiger partial charge is 0.392 e. The first-order valence-corrected chi connectivity index (χ1v) is 3.91. The lowest BCUT2D eigenvalue weighted by Crippen LogP contribution is -1.77. The Hall–Kier alpha value is -1.26. The maximum Gasteiger partial charge on any atom is 0.0681 e. The summed E-state index contributed by atoms with van der Waals surface area (Å²) in [7, 11) is 0. The number of aliphatic hydroxyl groups excluding tert-OH is 1. The van der Waals surface area contributed by atoms with E-state index in [2.05, 4.69) is 12.8 Å². The van der Waals surface area contributed by atoms with Gasteiger partial charge >= 0.3 is 0 Å². The van der Waals surface area contributed by atoms with Gasteiger partial charge in [-0.2, -0.15) is 0 Å². The van der Waals surface area contributed by atoms with E-state index in [1.54, 1.807) is 0 Å². The highest BCUT2D eigenvalue weighted by Crippen LogP contribution is 1.95. The van der Waals surface area contributed by atoms with Crippen LogP contribution >= 0.6 is 0 Å². The smallest absolute Gasteiger partial charge is 0.0681 e. The van der Waals surface area contributed by atoms with E-state index in [0.717, 1.165) is 5.56 Å². The van der Waals surface area contributed by atoms with Gasteiger partial charge in [0, 0.05) is 0 Å². The molecule has 1 nitrogen and oxygen atoms in total. The summed E-state index contributed by atoms with van der Waals surface area (Å²) in [6.07, 6.45) is 8.00. The Morgan fingerprint density at radius 3 is 1.75 bits per heavy atom. The van der Waals surface area contributed by atoms with Crippen LogP contribution in [-0.2, 0) is 6.61 Å². The molecule has 0 aliphatic heterocycles. The summed E-state index contributed by atoms with van der Waals surface area (Å²) in [5, 5.41) is 8.54. The number of hydrogen-bond acceptors (Lipinski definition) is 1. The van der Waals surface area contributed by atoms with Crippen LogP contribution in [0.4, 0.5) is 0 Å². The Morgan fingerprint density at radius 2 is 1.50 bits per heavy atom. The predicted molar refractivity (Wildman–Crippen MR) is 53.6 cm³/mol. The van der Waals surface area contributed by atoms with Gasteiger partial charge in [-0.3, -0.25) is 0 Å². The van der Waals surface area contributed by atoms with Gasteiger partial charge < -0.3 is 5.11 Å². The van der Waals surface area contributed by atoms with Crippen LogP contribution in [0, 0.1) is 12.8 Å². The molecular formula is C11H16O. The van der Waals surface area contributed by atoms with Gasteiger partial charge in [0.1, 0.15) is 0 Å². The maximum absolute atomic E-state index is 8.54. The molecule has 0 aliphatic carbocycles. The lowest BCUT2D eigenvalue weighted by atomic mass is 10.2. The van der Waals surface area contributed by atoms with E-state index in [4.69, 9.17) is 5.11 Å². The van der Waals surface area contributed by atoms with Crippen LogP contribution in [0.25, 0.3) is 0 Å². The average molecular weight is 164 g/mol. The second kappa shape index (κ2) is 12.4. The van der Waals surface area contributed by atoms with E-state index in [-0.39, 0.29) is 6.61 Å². The summed E-state index contributed by atoms with van der Waals surface area (Å²) in [5.74, 6) is 0. The molecule has 0 radical (unpaired) electrons. The molecule has 0 saturated heterocycles. The lowest BCUT2D eigenvalue weighted by Gasteiger charge is -1.89. The van der Waals surface area contributed by atoms with E-state index in [9.17, 15) is 0 Å². The molecule has 0 unspecified atom stereocenters. The van der Waals surface area contributed by atoms with Crippen molar-refractivity contribution in [1.82, 2.24) is 0 Å². The molecule has 1 heteroatoms. The second-order valence-corrected chi connectivity index (χ2v) is 1.64. The molecule has 0 saturated carbocycles. The first kappa shape index (κ1) is 13.3. The Morgan fingerprint density at radius 1 is 1.08 bits per heavy atom. The van der Waals surface area contributed by atoms with Crippen molar-refractivity contribution < 1.29 is 5.11 Å². The van der Waals surface area contributed by atoms with Gasteiger partial charge in [-0.15, -0.1) is 12.8 Å². The molecule has 1 aromatic carbocycles. The molecule has 0 bridgehead atoms. The fraction of sp³-hybridized carbons (Fsp3) is 0.273. The molecule has 0 aromatic heterocycles. The summed E-state index contributed by atoms with van der Waals surface area (Å²) < 4.78 is 0. The van der Waals surface area contributed by atoms with Crippen molar-refractivity contribution in [1.29, 1.82) is 0 Å². The van der Waals surface area contributed by atoms with Crippen LogP contribution in [0.3, 0.4) is 0 Å². The van der Waals surface area contributed by atoms with Crippen molar-refractivity contribution in [3.8, 4) is 12.8 Å². The molecule has 0 atom stereocenters. The molecule has 66 valence electrons. The molecule has 0 amide bonds. The first-order valence-electron chi connectivity index (χ1n) is 3.91. The minimum Gasteiger partial charge on any atom is -0.392 e. The highest BCUT2D eigenvalue weighted by Gasteiger charge is 1.81. The SMILES string of the molecule is C#C.CC.OCc1ccccc1. The van der Waals surface area contributed by atoms with E-state index < -0.39 is 0 Å². The number of hydrogen-bond donors (Lipinski definition) is 1. The van der Waals surface area contributed by atoms with Crippen molar-refractivity contribution >= 4 is 0 Å². The Labute approximate surface area is 75.1 Å². The zero-order valence-corrected chi connectivity index (χ0v) is 7.70. The Bertz CT molecular complexity index is 177. The quantitative estimate of drug-likeness (QED) is 0.632. The minimum atomic E-state index is 0.140. The van der Waals surface area contributed by atoms with Gasteiger partial charge in [0.2, 0.25) is 0 Å². The van der Waals surface area contributed by atoms with Gasteiger partial charge in [0.25, 0.3) is 0 Å². The molecule has 1 rings (SSSR count). The molecule has 12 heavy (non-hydrogen) atoms. The molecule has 1 N–H and O–H groups in total. The van der Waals surface area contributed by atoms with Crippen LogP contribution in [0.1, 0.15) is 19.4 Å². The van der Waals surface area contributed by atoms with E-state index in [0.29, 0.717) is 0 Å². The number of terminal acetylenes is 1. The van der Waals surface area contributed by atoms with Gasteiger partial charge in [-0.25, -0.2) is 0 Å². The van der Waals surface area contributed by atoms with E-state index >= 15 is 0 Å². The second-order valence-electron chi connectivity index (χ2n) is 1.64. The fourth-order valence-electron chi connectivity index (χ4n) is 0.583. The number of aliphatic hydroxyl groups is 1. The molecule has 0 aliphatic rings. The third kappa shape index (κ3) is 6.85. The summed E-state index contributed by atoms with van der Waals surface area (Å²) in [6.45, 7) is 4.14. The van der Waals surface area contributed by atoms with Crippen molar-refractivity contribution in [2.24, 2.45) is 0 Å². The molecule has 0 fully saturated rings. The Balaban J connectivity index is 0. The van der Waals surface area contributed by atoms with Crippen LogP contribution in [0.2, 0.25) is 0 Å². The highest BCUT2D eigenvalue weighted by molar-refractivity contribution is 5.12. The summed E-state index contributed by atoms with van der Waals surface area (Å²) >= 11 is 0. The van der Waals surface area contributed by atoms with Crippen molar-refractivity contribution in [3.05, 3.63) is 35.9 Å². The van der Waals surface area contributed by atoms with Crippen molar-refractivity contribution in [3.63, 3.8) is 0 Å². The van der Waals surface area contributed by atoms with Crippen molar-refractivity contribution in [2.45, 2.75) is 20.5 Å². The maximum atomic E-state index is 8.54. The van der Waals surface area contributed by atoms with Crippen LogP contribution < -0.4 is 0 Å². The lowest BCUT2D eigenvalue weighted by molar-refractivity contribution is 0.282. The zero-order chi connectivity index (χ0) is 9.82. The third-order valence-corrected chi connectivity index (χ3v) is 1.03. The van der Waals surface area contributed by atoms with Gasteiger partial charge in [-0.1, -0.05) is 44.2 Å². The predicted octanol–water partition coefficient (Wildman–Crippen LogP) is 2.45. The molecule has 1 aromatic rings. The fourth-order valence-corrected chi connectivity index (χ4v) is 0.583. The molecule has 0 heterocycles. The van der Waals surface area contributed by atoms with Gasteiger partial charge in [0.15, 0.2) is 0 Å². The van der Waals surface area contributed by atoms with E-state index in [1.165, 1.54) is 0 Å². The summed E-state index contributed by atoms with van der Waals surface area (Å²) in [4.78, 5) is 0. The number of benzene rings is 1. The normalized spacial score (nSPS) is 6.75. The van der Waals surface area contributed by atoms with E-state index in [1.807, 2.05) is 44.2 Å². The molecule has 0 spiro atoms. The summed E-state index contributed by atoms with van der Waals surface area (Å²) in [5.41, 5.74) is 0.965. The minimum absolute atomic E-state index is 0.140. The third-order valence-electron chi connectivity index (χ3n) is 1.03. The van der Waals surface area contributed by atoms with Gasteiger partial charge in [0.05, 0.1) is 6.61 Å². The topological polar surface area (TPSA) is 20.2 Å². The Kier molecular flexibility index (Phi) is 13.8. The monoisotopic (exact) mass is 164 g/mol. The van der Waals surface area contributed by atoms with Crippen LogP contribution in [0.5, 0.6) is 0 Å². The standard InChI is InChI=1S/C7H8O.C2H6.C2H2/c8-6-7-4-2-1-3-5-7;2*1-2/h1-5,8H,6H2;1-2H3;1-2H. The van der Waals surface area contributed by atoms with Gasteiger partial charge in [-0.05, 0) is 5.56 Å². The average Bonchev–Trinajstić information content (AvgIpc) is 2.25.